The van der Waals surface area contributed by atoms with Crippen LogP contribution in [-0.4, -0.2) is 0 Å². The zero-order valence-corrected chi connectivity index (χ0v) is 9.55. The topological polar surface area (TPSA) is 26.0 Å². The van der Waals surface area contributed by atoms with Gasteiger partial charge in [0.15, 0.2) is 0 Å². The van der Waals surface area contributed by atoms with Gasteiger partial charge in [-0.25, -0.2) is 4.39 Å². The van der Waals surface area contributed by atoms with Crippen molar-refractivity contribution < 1.29 is 4.39 Å². The lowest BCUT2D eigenvalue weighted by Gasteiger charge is -2.15. The fraction of sp³-hybridized carbons (Fsp3) is 0.538. The highest BCUT2D eigenvalue weighted by atomic mass is 19.1. The normalized spacial score (nSPS) is 25.0. The first-order valence-electron chi connectivity index (χ1n) is 5.43. The Kier molecular flexibility index (Phi) is 2.34. The Morgan fingerprint density at radius 1 is 1.47 bits per heavy atom. The van der Waals surface area contributed by atoms with Crippen LogP contribution in [-0.2, 0) is 0 Å². The molecular weight excluding hydrogens is 189 g/mol. The van der Waals surface area contributed by atoms with Crippen LogP contribution in [0.4, 0.5) is 4.39 Å². The van der Waals surface area contributed by atoms with Crippen LogP contribution in [0.5, 0.6) is 0 Å². The van der Waals surface area contributed by atoms with Crippen LogP contribution in [0, 0.1) is 24.1 Å². The van der Waals surface area contributed by atoms with Crippen LogP contribution in [0.15, 0.2) is 18.2 Å². The summed E-state index contributed by atoms with van der Waals surface area (Å²) < 4.78 is 13.6. The van der Waals surface area contributed by atoms with E-state index in [9.17, 15) is 4.39 Å². The molecule has 1 fully saturated rings. The average molecular weight is 207 g/mol. The molecule has 1 aliphatic rings. The SMILES string of the molecule is Cc1ccc(F)c(C(N)C2CC2(C)C)c1. The Morgan fingerprint density at radius 3 is 2.60 bits per heavy atom. The molecule has 82 valence electrons. The maximum absolute atomic E-state index is 13.6. The lowest BCUT2D eigenvalue weighted by atomic mass is 9.96. The first-order chi connectivity index (χ1) is 6.92. The lowest BCUT2D eigenvalue weighted by molar-refractivity contribution is 0.473. The summed E-state index contributed by atoms with van der Waals surface area (Å²) in [5, 5.41) is 0. The van der Waals surface area contributed by atoms with E-state index in [2.05, 4.69) is 13.8 Å². The van der Waals surface area contributed by atoms with E-state index >= 15 is 0 Å². The number of halogens is 1. The van der Waals surface area contributed by atoms with E-state index in [-0.39, 0.29) is 17.3 Å². The molecule has 2 atom stereocenters. The van der Waals surface area contributed by atoms with Crippen LogP contribution in [0.1, 0.15) is 37.4 Å². The summed E-state index contributed by atoms with van der Waals surface area (Å²) in [6.45, 7) is 6.34. The second kappa shape index (κ2) is 3.31. The fourth-order valence-corrected chi connectivity index (χ4v) is 2.26. The molecule has 0 aromatic heterocycles. The lowest BCUT2D eigenvalue weighted by Crippen LogP contribution is -2.17. The molecule has 2 rings (SSSR count). The third kappa shape index (κ3) is 1.91. The number of aryl methyl sites for hydroxylation is 1. The molecule has 0 saturated heterocycles. The molecule has 1 nitrogen and oxygen atoms in total. The van der Waals surface area contributed by atoms with Gasteiger partial charge in [-0.2, -0.15) is 0 Å². The van der Waals surface area contributed by atoms with Gasteiger partial charge in [0.05, 0.1) is 0 Å². The molecule has 1 aromatic rings. The molecule has 2 heteroatoms. The highest BCUT2D eigenvalue weighted by molar-refractivity contribution is 5.28. The minimum Gasteiger partial charge on any atom is -0.324 e. The van der Waals surface area contributed by atoms with E-state index in [0.29, 0.717) is 11.5 Å². The third-order valence-corrected chi connectivity index (χ3v) is 3.53. The van der Waals surface area contributed by atoms with E-state index in [4.69, 9.17) is 5.73 Å². The maximum atomic E-state index is 13.6. The van der Waals surface area contributed by atoms with Gasteiger partial charge >= 0.3 is 0 Å². The van der Waals surface area contributed by atoms with Gasteiger partial charge in [0.1, 0.15) is 5.82 Å². The second-order valence-corrected chi connectivity index (χ2v) is 5.35. The average Bonchev–Trinajstić information content (AvgIpc) is 2.78. The smallest absolute Gasteiger partial charge is 0.128 e. The molecule has 0 bridgehead atoms. The van der Waals surface area contributed by atoms with Crippen LogP contribution in [0.2, 0.25) is 0 Å². The van der Waals surface area contributed by atoms with Crippen LogP contribution < -0.4 is 5.73 Å². The monoisotopic (exact) mass is 207 g/mol. The molecule has 15 heavy (non-hydrogen) atoms. The molecule has 1 saturated carbocycles. The Bertz CT molecular complexity index is 384. The molecule has 0 amide bonds. The highest BCUT2D eigenvalue weighted by Gasteiger charge is 2.49. The van der Waals surface area contributed by atoms with E-state index in [1.807, 2.05) is 13.0 Å². The molecule has 2 unspecified atom stereocenters. The minimum atomic E-state index is -0.171. The van der Waals surface area contributed by atoms with Crippen LogP contribution >= 0.6 is 0 Å². The summed E-state index contributed by atoms with van der Waals surface area (Å²) in [6.07, 6.45) is 1.10. The summed E-state index contributed by atoms with van der Waals surface area (Å²) in [5.41, 5.74) is 8.13. The van der Waals surface area contributed by atoms with Crippen molar-refractivity contribution in [1.82, 2.24) is 0 Å². The maximum Gasteiger partial charge on any atom is 0.128 e. The molecule has 1 aromatic carbocycles. The first kappa shape index (κ1) is 10.6. The number of nitrogens with two attached hydrogens (primary N) is 1. The number of hydrogen-bond donors (Lipinski definition) is 1. The summed E-state index contributed by atoms with van der Waals surface area (Å²) in [6, 6.07) is 5.01. The highest BCUT2D eigenvalue weighted by Crippen LogP contribution is 2.57. The molecule has 0 spiro atoms. The molecule has 0 aliphatic heterocycles. The second-order valence-electron chi connectivity index (χ2n) is 5.35. The number of rotatable bonds is 2. The summed E-state index contributed by atoms with van der Waals surface area (Å²) >= 11 is 0. The van der Waals surface area contributed by atoms with Crippen molar-refractivity contribution in [2.24, 2.45) is 17.1 Å². The van der Waals surface area contributed by atoms with Crippen LogP contribution in [0.25, 0.3) is 0 Å². The zero-order valence-electron chi connectivity index (χ0n) is 9.55. The van der Waals surface area contributed by atoms with Gasteiger partial charge < -0.3 is 5.73 Å². The Hall–Kier alpha value is -0.890. The Morgan fingerprint density at radius 2 is 2.07 bits per heavy atom. The van der Waals surface area contributed by atoms with Crippen molar-refractivity contribution in [1.29, 1.82) is 0 Å². The van der Waals surface area contributed by atoms with E-state index in [1.54, 1.807) is 6.07 Å². The third-order valence-electron chi connectivity index (χ3n) is 3.53. The van der Waals surface area contributed by atoms with Gasteiger partial charge in [0.2, 0.25) is 0 Å². The van der Waals surface area contributed by atoms with Crippen LogP contribution in [0.3, 0.4) is 0 Å². The van der Waals surface area contributed by atoms with Crippen molar-refractivity contribution in [3.05, 3.63) is 35.1 Å². The van der Waals surface area contributed by atoms with Gasteiger partial charge in [-0.1, -0.05) is 31.5 Å². The Balaban J connectivity index is 2.26. The predicted octanol–water partition coefficient (Wildman–Crippen LogP) is 3.18. The van der Waals surface area contributed by atoms with Crippen molar-refractivity contribution in [3.63, 3.8) is 0 Å². The van der Waals surface area contributed by atoms with Crippen molar-refractivity contribution in [2.45, 2.75) is 33.2 Å². The predicted molar refractivity (Wildman–Crippen MR) is 60.0 cm³/mol. The van der Waals surface area contributed by atoms with Crippen molar-refractivity contribution >= 4 is 0 Å². The van der Waals surface area contributed by atoms with Crippen molar-refractivity contribution in [3.8, 4) is 0 Å². The number of hydrogen-bond acceptors (Lipinski definition) is 1. The molecule has 0 radical (unpaired) electrons. The first-order valence-corrected chi connectivity index (χ1v) is 5.43. The van der Waals surface area contributed by atoms with E-state index in [1.165, 1.54) is 6.07 Å². The van der Waals surface area contributed by atoms with Gasteiger partial charge in [-0.05, 0) is 30.7 Å². The van der Waals surface area contributed by atoms with Gasteiger partial charge in [-0.3, -0.25) is 0 Å². The van der Waals surface area contributed by atoms with E-state index in [0.717, 1.165) is 12.0 Å². The van der Waals surface area contributed by atoms with Gasteiger partial charge in [0, 0.05) is 11.6 Å². The quantitative estimate of drug-likeness (QED) is 0.792. The zero-order chi connectivity index (χ0) is 11.2. The van der Waals surface area contributed by atoms with Gasteiger partial charge in [0.25, 0.3) is 0 Å². The molecular formula is C13H18FN. The summed E-state index contributed by atoms with van der Waals surface area (Å²) in [4.78, 5) is 0. The summed E-state index contributed by atoms with van der Waals surface area (Å²) in [5.74, 6) is 0.254. The largest absolute Gasteiger partial charge is 0.324 e. The summed E-state index contributed by atoms with van der Waals surface area (Å²) in [7, 11) is 0. The van der Waals surface area contributed by atoms with Gasteiger partial charge in [-0.15, -0.1) is 0 Å². The standard InChI is InChI=1S/C13H18FN/c1-8-4-5-11(14)9(6-8)12(15)10-7-13(10,2)3/h4-6,10,12H,7,15H2,1-3H3. The molecule has 2 N–H and O–H groups in total. The van der Waals surface area contributed by atoms with Crippen molar-refractivity contribution in [2.75, 3.05) is 0 Å². The van der Waals surface area contributed by atoms with E-state index < -0.39 is 0 Å². The number of benzene rings is 1. The molecule has 1 aliphatic carbocycles. The Labute approximate surface area is 90.5 Å². The fourth-order valence-electron chi connectivity index (χ4n) is 2.26. The molecule has 0 heterocycles. The minimum absolute atomic E-state index is 0.153.